The number of carbonyl (C=O) groups excluding carboxylic acids is 1. The van der Waals surface area contributed by atoms with Gasteiger partial charge in [-0.25, -0.2) is 8.91 Å². The number of nitrogen functional groups attached to an aromatic ring is 1. The second-order valence-electron chi connectivity index (χ2n) is 9.35. The van der Waals surface area contributed by atoms with E-state index in [4.69, 9.17) is 10.5 Å². The predicted molar refractivity (Wildman–Crippen MR) is 135 cm³/mol. The molecule has 0 aliphatic heterocycles. The molecule has 5 rings (SSSR count). The molecule has 0 saturated heterocycles. The van der Waals surface area contributed by atoms with E-state index in [-0.39, 0.29) is 30.3 Å². The second kappa shape index (κ2) is 9.93. The van der Waals surface area contributed by atoms with Crippen molar-refractivity contribution in [3.8, 4) is 16.9 Å². The molecule has 1 unspecified atom stereocenters. The van der Waals surface area contributed by atoms with Crippen LogP contribution in [0.2, 0.25) is 0 Å². The van der Waals surface area contributed by atoms with Gasteiger partial charge in [-0.05, 0) is 62.4 Å². The SMILES string of the molecule is Cc1ncc(-c2ccn3nc(N)nc3c2)cc1C(=O)NCc1ccc(F)cc1OC(C)C1CCCC1. The normalized spacial score (nSPS) is 14.8. The van der Waals surface area contributed by atoms with Gasteiger partial charge in [-0.2, -0.15) is 4.98 Å². The second-order valence-corrected chi connectivity index (χ2v) is 9.35. The number of amides is 1. The zero-order chi connectivity index (χ0) is 25.2. The summed E-state index contributed by atoms with van der Waals surface area (Å²) < 4.78 is 21.8. The summed E-state index contributed by atoms with van der Waals surface area (Å²) >= 11 is 0. The number of pyridine rings is 2. The van der Waals surface area contributed by atoms with E-state index >= 15 is 0 Å². The van der Waals surface area contributed by atoms with E-state index in [1.54, 1.807) is 36.0 Å². The number of nitrogens with zero attached hydrogens (tertiary/aromatic N) is 4. The number of rotatable bonds is 7. The van der Waals surface area contributed by atoms with Gasteiger partial charge in [0.25, 0.3) is 5.91 Å². The summed E-state index contributed by atoms with van der Waals surface area (Å²) in [5, 5.41) is 7.03. The number of ether oxygens (including phenoxy) is 1. The molecule has 4 aromatic rings. The number of hydrogen-bond donors (Lipinski definition) is 2. The number of anilines is 1. The Morgan fingerprint density at radius 3 is 2.83 bits per heavy atom. The van der Waals surface area contributed by atoms with Gasteiger partial charge in [0.2, 0.25) is 5.95 Å². The molecule has 1 amide bonds. The maximum absolute atomic E-state index is 14.0. The lowest BCUT2D eigenvalue weighted by Gasteiger charge is -2.22. The van der Waals surface area contributed by atoms with Crippen LogP contribution in [0, 0.1) is 18.7 Å². The molecule has 3 aromatic heterocycles. The molecule has 36 heavy (non-hydrogen) atoms. The summed E-state index contributed by atoms with van der Waals surface area (Å²) in [6.45, 7) is 4.03. The average Bonchev–Trinajstić information content (AvgIpc) is 3.52. The van der Waals surface area contributed by atoms with Gasteiger partial charge in [0.05, 0.1) is 17.4 Å². The number of fused-ring (bicyclic) bond motifs is 1. The first-order valence-corrected chi connectivity index (χ1v) is 12.2. The highest BCUT2D eigenvalue weighted by molar-refractivity contribution is 5.96. The summed E-state index contributed by atoms with van der Waals surface area (Å²) in [5.41, 5.74) is 9.69. The maximum Gasteiger partial charge on any atom is 0.253 e. The van der Waals surface area contributed by atoms with Crippen LogP contribution < -0.4 is 15.8 Å². The minimum atomic E-state index is -0.363. The van der Waals surface area contributed by atoms with Gasteiger partial charge >= 0.3 is 0 Å². The fourth-order valence-electron chi connectivity index (χ4n) is 4.78. The molecular formula is C27H29FN6O2. The Bertz CT molecular complexity index is 1410. The van der Waals surface area contributed by atoms with E-state index in [0.717, 1.165) is 29.5 Å². The van der Waals surface area contributed by atoms with Crippen molar-refractivity contribution in [1.82, 2.24) is 24.9 Å². The molecule has 0 radical (unpaired) electrons. The van der Waals surface area contributed by atoms with Crippen molar-refractivity contribution in [2.75, 3.05) is 5.73 Å². The van der Waals surface area contributed by atoms with Crippen LogP contribution in [0.25, 0.3) is 16.8 Å². The van der Waals surface area contributed by atoms with E-state index < -0.39 is 0 Å². The summed E-state index contributed by atoms with van der Waals surface area (Å²) in [6, 6.07) is 9.94. The molecule has 0 bridgehead atoms. The van der Waals surface area contributed by atoms with Crippen molar-refractivity contribution >= 4 is 17.5 Å². The van der Waals surface area contributed by atoms with Crippen LogP contribution in [0.5, 0.6) is 5.75 Å². The van der Waals surface area contributed by atoms with Crippen LogP contribution in [-0.2, 0) is 6.54 Å². The first-order chi connectivity index (χ1) is 17.4. The Morgan fingerprint density at radius 1 is 1.22 bits per heavy atom. The Hall–Kier alpha value is -4.01. The van der Waals surface area contributed by atoms with Gasteiger partial charge < -0.3 is 15.8 Å². The lowest BCUT2D eigenvalue weighted by atomic mass is 10.0. The summed E-state index contributed by atoms with van der Waals surface area (Å²) in [6.07, 6.45) is 8.13. The molecule has 186 valence electrons. The third kappa shape index (κ3) is 5.00. The van der Waals surface area contributed by atoms with Crippen LogP contribution in [0.3, 0.4) is 0 Å². The molecule has 0 spiro atoms. The first-order valence-electron chi connectivity index (χ1n) is 12.2. The maximum atomic E-state index is 14.0. The van der Waals surface area contributed by atoms with Gasteiger partial charge in [0, 0.05) is 36.1 Å². The monoisotopic (exact) mass is 488 g/mol. The number of aromatic nitrogens is 4. The number of aryl methyl sites for hydroxylation is 1. The zero-order valence-corrected chi connectivity index (χ0v) is 20.4. The Kier molecular flexibility index (Phi) is 6.54. The standard InChI is InChI=1S/C27H29FN6O2/c1-16-23(11-21(15-30-16)19-9-10-34-25(12-19)32-27(29)33-34)26(35)31-14-20-7-8-22(28)13-24(20)36-17(2)18-5-3-4-6-18/h7-13,15,17-18H,3-6,14H2,1-2H3,(H2,29,33)(H,31,35). The van der Waals surface area contributed by atoms with E-state index in [2.05, 4.69) is 20.4 Å². The zero-order valence-electron chi connectivity index (χ0n) is 20.4. The van der Waals surface area contributed by atoms with Gasteiger partial charge in [-0.1, -0.05) is 18.9 Å². The van der Waals surface area contributed by atoms with E-state index in [9.17, 15) is 9.18 Å². The molecule has 1 fully saturated rings. The number of hydrogen-bond acceptors (Lipinski definition) is 6. The van der Waals surface area contributed by atoms with Gasteiger partial charge in [0.1, 0.15) is 11.6 Å². The molecule has 8 nitrogen and oxygen atoms in total. The Labute approximate surface area is 208 Å². The topological polar surface area (TPSA) is 107 Å². The number of nitrogens with two attached hydrogens (primary N) is 1. The smallest absolute Gasteiger partial charge is 0.253 e. The Balaban J connectivity index is 1.33. The Morgan fingerprint density at radius 2 is 2.03 bits per heavy atom. The van der Waals surface area contributed by atoms with Crippen LogP contribution in [-0.4, -0.2) is 31.6 Å². The average molecular weight is 489 g/mol. The number of halogens is 1. The van der Waals surface area contributed by atoms with Crippen LogP contribution >= 0.6 is 0 Å². The predicted octanol–water partition coefficient (Wildman–Crippen LogP) is 4.71. The summed E-state index contributed by atoms with van der Waals surface area (Å²) in [7, 11) is 0. The minimum Gasteiger partial charge on any atom is -0.490 e. The molecule has 1 atom stereocenters. The molecule has 3 N–H and O–H groups in total. The van der Waals surface area contributed by atoms with Crippen molar-refractivity contribution < 1.29 is 13.9 Å². The third-order valence-corrected chi connectivity index (χ3v) is 6.86. The van der Waals surface area contributed by atoms with Crippen LogP contribution in [0.15, 0.2) is 48.8 Å². The van der Waals surface area contributed by atoms with Crippen molar-refractivity contribution in [2.45, 2.75) is 52.2 Å². The fraction of sp³-hybridized carbons (Fsp3) is 0.333. The molecule has 9 heteroatoms. The highest BCUT2D eigenvalue weighted by Crippen LogP contribution is 2.31. The third-order valence-electron chi connectivity index (χ3n) is 6.86. The van der Waals surface area contributed by atoms with E-state index in [1.807, 2.05) is 19.1 Å². The first kappa shape index (κ1) is 23.7. The molecule has 1 saturated carbocycles. The van der Waals surface area contributed by atoms with Gasteiger partial charge in [-0.3, -0.25) is 9.78 Å². The molecular weight excluding hydrogens is 459 g/mol. The van der Waals surface area contributed by atoms with E-state index in [0.29, 0.717) is 28.6 Å². The number of benzene rings is 1. The summed E-state index contributed by atoms with van der Waals surface area (Å²) in [4.78, 5) is 21.8. The lowest BCUT2D eigenvalue weighted by molar-refractivity contribution is 0.0949. The van der Waals surface area contributed by atoms with Crippen LogP contribution in [0.1, 0.15) is 54.2 Å². The minimum absolute atomic E-state index is 0.00940. The molecule has 1 aliphatic carbocycles. The molecule has 3 heterocycles. The lowest BCUT2D eigenvalue weighted by Crippen LogP contribution is -2.26. The highest BCUT2D eigenvalue weighted by atomic mass is 19.1. The van der Waals surface area contributed by atoms with Crippen molar-refractivity contribution in [3.05, 3.63) is 71.4 Å². The molecule has 1 aliphatic rings. The number of nitrogens with one attached hydrogen (secondary N) is 1. The van der Waals surface area contributed by atoms with Gasteiger partial charge in [-0.15, -0.1) is 5.10 Å². The van der Waals surface area contributed by atoms with Crippen molar-refractivity contribution in [3.63, 3.8) is 0 Å². The van der Waals surface area contributed by atoms with Gasteiger partial charge in [0.15, 0.2) is 5.65 Å². The summed E-state index contributed by atoms with van der Waals surface area (Å²) in [5.74, 6) is 0.502. The number of carbonyl (C=O) groups is 1. The fourth-order valence-corrected chi connectivity index (χ4v) is 4.78. The quantitative estimate of drug-likeness (QED) is 0.390. The molecule has 1 aromatic carbocycles. The van der Waals surface area contributed by atoms with E-state index in [1.165, 1.54) is 25.0 Å². The van der Waals surface area contributed by atoms with Crippen LogP contribution in [0.4, 0.5) is 10.3 Å². The highest BCUT2D eigenvalue weighted by Gasteiger charge is 2.24. The van der Waals surface area contributed by atoms with Crippen molar-refractivity contribution in [2.24, 2.45) is 5.92 Å². The van der Waals surface area contributed by atoms with Crippen molar-refractivity contribution in [1.29, 1.82) is 0 Å². The largest absolute Gasteiger partial charge is 0.490 e.